The number of halogens is 2. The first-order valence-corrected chi connectivity index (χ1v) is 11.1. The Bertz CT molecular complexity index is 1160. The summed E-state index contributed by atoms with van der Waals surface area (Å²) in [5.41, 5.74) is 5.55. The molecule has 4 nitrogen and oxygen atoms in total. The van der Waals surface area contributed by atoms with Crippen molar-refractivity contribution in [2.24, 2.45) is 5.92 Å². The third-order valence-corrected chi connectivity index (χ3v) is 6.24. The summed E-state index contributed by atoms with van der Waals surface area (Å²) < 4.78 is 5.87. The van der Waals surface area contributed by atoms with Crippen molar-refractivity contribution in [1.82, 2.24) is 10.2 Å². The van der Waals surface area contributed by atoms with E-state index in [1.165, 1.54) is 0 Å². The average Bonchev–Trinajstić information content (AvgIpc) is 3.19. The zero-order chi connectivity index (χ0) is 22.1. The Labute approximate surface area is 192 Å². The van der Waals surface area contributed by atoms with E-state index in [4.69, 9.17) is 27.9 Å². The van der Waals surface area contributed by atoms with Crippen molar-refractivity contribution < 1.29 is 9.53 Å². The van der Waals surface area contributed by atoms with Gasteiger partial charge in [-0.3, -0.25) is 9.89 Å². The Kier molecular flexibility index (Phi) is 6.22. The first kappa shape index (κ1) is 21.7. The van der Waals surface area contributed by atoms with Crippen LogP contribution in [-0.4, -0.2) is 22.6 Å². The largest absolute Gasteiger partial charge is 0.493 e. The van der Waals surface area contributed by atoms with E-state index in [2.05, 4.69) is 30.1 Å². The van der Waals surface area contributed by atoms with Crippen LogP contribution in [-0.2, 0) is 11.2 Å². The van der Waals surface area contributed by atoms with Gasteiger partial charge in [-0.15, -0.1) is 0 Å². The van der Waals surface area contributed by atoms with Gasteiger partial charge in [-0.25, -0.2) is 0 Å². The number of carbonyl (C=O) groups is 1. The summed E-state index contributed by atoms with van der Waals surface area (Å²) in [5.74, 6) is 0.870. The van der Waals surface area contributed by atoms with Crippen molar-refractivity contribution in [2.75, 3.05) is 6.61 Å². The molecule has 3 aromatic rings. The predicted octanol–water partition coefficient (Wildman–Crippen LogP) is 6.73. The molecule has 31 heavy (non-hydrogen) atoms. The van der Waals surface area contributed by atoms with Gasteiger partial charge in [-0.1, -0.05) is 61.3 Å². The van der Waals surface area contributed by atoms with E-state index in [0.717, 1.165) is 33.6 Å². The van der Waals surface area contributed by atoms with Crippen LogP contribution >= 0.6 is 23.2 Å². The summed E-state index contributed by atoms with van der Waals surface area (Å²) in [6.07, 6.45) is 4.23. The number of aromatic amines is 1. The fraction of sp³-hybridized carbons (Fsp3) is 0.280. The second-order valence-electron chi connectivity index (χ2n) is 8.09. The van der Waals surface area contributed by atoms with Crippen LogP contribution in [0.1, 0.15) is 43.4 Å². The smallest absolute Gasteiger partial charge is 0.169 e. The Balaban J connectivity index is 1.67. The molecule has 0 spiro atoms. The number of hydrogen-bond donors (Lipinski definition) is 1. The molecule has 160 valence electrons. The molecule has 0 amide bonds. The second kappa shape index (κ2) is 8.89. The van der Waals surface area contributed by atoms with Gasteiger partial charge in [0.15, 0.2) is 5.78 Å². The first-order valence-electron chi connectivity index (χ1n) is 10.3. The molecule has 0 aliphatic carbocycles. The lowest BCUT2D eigenvalue weighted by atomic mass is 9.83. The molecule has 0 saturated carbocycles. The molecular weight excluding hydrogens is 431 g/mol. The van der Waals surface area contributed by atoms with E-state index in [9.17, 15) is 4.79 Å². The monoisotopic (exact) mass is 454 g/mol. The van der Waals surface area contributed by atoms with Gasteiger partial charge in [-0.2, -0.15) is 5.10 Å². The highest BCUT2D eigenvalue weighted by molar-refractivity contribution is 6.32. The minimum Gasteiger partial charge on any atom is -0.493 e. The highest BCUT2D eigenvalue weighted by Gasteiger charge is 2.29. The number of aromatic nitrogens is 2. The van der Waals surface area contributed by atoms with E-state index in [1.54, 1.807) is 6.20 Å². The lowest BCUT2D eigenvalue weighted by Crippen LogP contribution is -2.29. The number of nitrogens with one attached hydrogen (secondary N) is 1. The van der Waals surface area contributed by atoms with Gasteiger partial charge in [0.2, 0.25) is 0 Å². The van der Waals surface area contributed by atoms with Crippen LogP contribution in [0.3, 0.4) is 0 Å². The summed E-state index contributed by atoms with van der Waals surface area (Å²) in [7, 11) is 0. The molecule has 2 heterocycles. The third kappa shape index (κ3) is 4.28. The number of ether oxygens (including phenoxy) is 1. The zero-order valence-corrected chi connectivity index (χ0v) is 19.2. The molecule has 1 aliphatic rings. The fourth-order valence-electron chi connectivity index (χ4n) is 4.11. The van der Waals surface area contributed by atoms with Crippen molar-refractivity contribution in [3.05, 3.63) is 75.5 Å². The average molecular weight is 455 g/mol. The summed E-state index contributed by atoms with van der Waals surface area (Å²) in [6, 6.07) is 11.7. The molecule has 4 rings (SSSR count). The SMILES string of the molecule is C/C=C(/C(=O)C1COc2ccc(Cl)cc2C1)c1ccc(-c2cn[nH]c2Cl)cc1C(C)C. The van der Waals surface area contributed by atoms with E-state index in [0.29, 0.717) is 28.8 Å². The van der Waals surface area contributed by atoms with E-state index < -0.39 is 0 Å². The molecule has 6 heteroatoms. The maximum Gasteiger partial charge on any atom is 0.169 e. The van der Waals surface area contributed by atoms with Crippen molar-refractivity contribution in [3.8, 4) is 16.9 Å². The van der Waals surface area contributed by atoms with Crippen LogP contribution < -0.4 is 4.74 Å². The highest BCUT2D eigenvalue weighted by Crippen LogP contribution is 2.36. The first-order chi connectivity index (χ1) is 14.9. The lowest BCUT2D eigenvalue weighted by molar-refractivity contribution is -0.118. The molecule has 2 aromatic carbocycles. The van der Waals surface area contributed by atoms with Crippen LogP contribution in [0.4, 0.5) is 0 Å². The number of rotatable bonds is 5. The Morgan fingerprint density at radius 2 is 2.03 bits per heavy atom. The zero-order valence-electron chi connectivity index (χ0n) is 17.7. The quantitative estimate of drug-likeness (QED) is 0.434. The number of benzene rings is 2. The summed E-state index contributed by atoms with van der Waals surface area (Å²) in [6.45, 7) is 6.52. The molecule has 1 aliphatic heterocycles. The molecule has 0 radical (unpaired) electrons. The number of allylic oxidation sites excluding steroid dienone is 2. The standard InChI is InChI=1S/C25H24Cl2N2O2/c1-4-19(24(30)17-9-16-10-18(26)6-8-23(16)31-13-17)20-7-5-15(11-21(20)14(2)3)22-12-28-29-25(22)27/h4-8,10-12,14,17H,9,13H2,1-3H3,(H,28,29)/b19-4+. The Morgan fingerprint density at radius 3 is 2.71 bits per heavy atom. The van der Waals surface area contributed by atoms with Crippen LogP contribution in [0, 0.1) is 5.92 Å². The van der Waals surface area contributed by atoms with Gasteiger partial charge in [-0.05, 0) is 59.7 Å². The molecule has 0 fully saturated rings. The van der Waals surface area contributed by atoms with Gasteiger partial charge in [0.1, 0.15) is 10.9 Å². The van der Waals surface area contributed by atoms with Crippen molar-refractivity contribution in [2.45, 2.75) is 33.1 Å². The third-order valence-electron chi connectivity index (χ3n) is 5.72. The second-order valence-corrected chi connectivity index (χ2v) is 8.90. The van der Waals surface area contributed by atoms with Crippen LogP contribution in [0.2, 0.25) is 10.2 Å². The topological polar surface area (TPSA) is 55.0 Å². The molecule has 0 saturated heterocycles. The van der Waals surface area contributed by atoms with Crippen molar-refractivity contribution >= 4 is 34.6 Å². The van der Waals surface area contributed by atoms with E-state index >= 15 is 0 Å². The Morgan fingerprint density at radius 1 is 1.23 bits per heavy atom. The van der Waals surface area contributed by atoms with E-state index in [-0.39, 0.29) is 17.6 Å². The Hall–Kier alpha value is -2.56. The molecule has 1 unspecified atom stereocenters. The minimum atomic E-state index is -0.250. The molecular formula is C25H24Cl2N2O2. The number of H-pyrrole nitrogens is 1. The number of fused-ring (bicyclic) bond motifs is 1. The summed E-state index contributed by atoms with van der Waals surface area (Å²) in [4.78, 5) is 13.5. The van der Waals surface area contributed by atoms with Gasteiger partial charge in [0.05, 0.1) is 18.7 Å². The lowest BCUT2D eigenvalue weighted by Gasteiger charge is -2.26. The molecule has 1 aromatic heterocycles. The van der Waals surface area contributed by atoms with Gasteiger partial charge in [0, 0.05) is 16.2 Å². The number of nitrogens with zero attached hydrogens (tertiary/aromatic N) is 1. The number of hydrogen-bond acceptors (Lipinski definition) is 3. The van der Waals surface area contributed by atoms with E-state index in [1.807, 2.05) is 43.3 Å². The number of carbonyl (C=O) groups excluding carboxylic acids is 1. The number of ketones is 1. The van der Waals surface area contributed by atoms with Crippen molar-refractivity contribution in [1.29, 1.82) is 0 Å². The molecule has 1 atom stereocenters. The number of Topliss-reactive ketones (excluding diaryl/α,β-unsaturated/α-hetero) is 1. The molecule has 1 N–H and O–H groups in total. The van der Waals surface area contributed by atoms with Crippen molar-refractivity contribution in [3.63, 3.8) is 0 Å². The van der Waals surface area contributed by atoms with Gasteiger partial charge < -0.3 is 4.74 Å². The van der Waals surface area contributed by atoms with Crippen LogP contribution in [0.25, 0.3) is 16.7 Å². The normalized spacial score (nSPS) is 16.2. The van der Waals surface area contributed by atoms with Crippen LogP contribution in [0.15, 0.2) is 48.7 Å². The highest BCUT2D eigenvalue weighted by atomic mass is 35.5. The van der Waals surface area contributed by atoms with Gasteiger partial charge >= 0.3 is 0 Å². The molecule has 0 bridgehead atoms. The summed E-state index contributed by atoms with van der Waals surface area (Å²) >= 11 is 12.4. The van der Waals surface area contributed by atoms with Crippen LogP contribution in [0.5, 0.6) is 5.75 Å². The minimum absolute atomic E-state index is 0.0871. The summed E-state index contributed by atoms with van der Waals surface area (Å²) in [5, 5.41) is 7.93. The van der Waals surface area contributed by atoms with Gasteiger partial charge in [0.25, 0.3) is 0 Å². The maximum atomic E-state index is 13.5. The fourth-order valence-corrected chi connectivity index (χ4v) is 4.51. The maximum absolute atomic E-state index is 13.5. The predicted molar refractivity (Wildman–Crippen MR) is 126 cm³/mol.